The SMILES string of the molecule is COC(=O)[C@@H]1CN(CCC#Cc2ccc(F)cc2)CCN1C(=O)C(c1ccccc1)c1ccccc1. The summed E-state index contributed by atoms with van der Waals surface area (Å²) in [4.78, 5) is 30.5. The molecule has 5 nitrogen and oxygen atoms in total. The van der Waals surface area contributed by atoms with Crippen molar-refractivity contribution in [2.45, 2.75) is 18.4 Å². The normalized spacial score (nSPS) is 15.8. The van der Waals surface area contributed by atoms with Crippen LogP contribution in [0.5, 0.6) is 0 Å². The summed E-state index contributed by atoms with van der Waals surface area (Å²) in [5.74, 6) is 4.81. The van der Waals surface area contributed by atoms with Crippen LogP contribution in [0.25, 0.3) is 0 Å². The average Bonchev–Trinajstić information content (AvgIpc) is 2.93. The molecule has 1 saturated heterocycles. The Balaban J connectivity index is 1.48. The molecule has 0 aromatic heterocycles. The number of amides is 1. The van der Waals surface area contributed by atoms with Crippen molar-refractivity contribution in [3.05, 3.63) is 107 Å². The molecule has 0 radical (unpaired) electrons. The van der Waals surface area contributed by atoms with Crippen LogP contribution in [0.1, 0.15) is 29.0 Å². The molecule has 0 saturated carbocycles. The molecule has 3 aromatic carbocycles. The number of hydrogen-bond donors (Lipinski definition) is 0. The highest BCUT2D eigenvalue weighted by Crippen LogP contribution is 2.29. The molecule has 36 heavy (non-hydrogen) atoms. The Kier molecular flexibility index (Phi) is 8.48. The second kappa shape index (κ2) is 12.1. The Hall–Kier alpha value is -3.95. The smallest absolute Gasteiger partial charge is 0.329 e. The van der Waals surface area contributed by atoms with E-state index in [0.717, 1.165) is 16.7 Å². The number of nitrogens with zero attached hydrogens (tertiary/aromatic N) is 2. The van der Waals surface area contributed by atoms with E-state index in [1.807, 2.05) is 60.7 Å². The Bertz CT molecular complexity index is 1180. The van der Waals surface area contributed by atoms with Crippen molar-refractivity contribution in [1.82, 2.24) is 9.80 Å². The van der Waals surface area contributed by atoms with E-state index in [2.05, 4.69) is 16.7 Å². The van der Waals surface area contributed by atoms with E-state index in [9.17, 15) is 14.0 Å². The fourth-order valence-corrected chi connectivity index (χ4v) is 4.49. The third-order valence-corrected chi connectivity index (χ3v) is 6.36. The summed E-state index contributed by atoms with van der Waals surface area (Å²) in [5.41, 5.74) is 2.53. The van der Waals surface area contributed by atoms with Gasteiger partial charge in [-0.15, -0.1) is 0 Å². The summed E-state index contributed by atoms with van der Waals surface area (Å²) in [5, 5.41) is 0. The largest absolute Gasteiger partial charge is 0.467 e. The van der Waals surface area contributed by atoms with E-state index in [1.165, 1.54) is 19.2 Å². The van der Waals surface area contributed by atoms with E-state index in [-0.39, 0.29) is 11.7 Å². The van der Waals surface area contributed by atoms with Crippen molar-refractivity contribution in [2.24, 2.45) is 0 Å². The third-order valence-electron chi connectivity index (χ3n) is 6.36. The predicted molar refractivity (Wildman–Crippen MR) is 137 cm³/mol. The first-order chi connectivity index (χ1) is 17.6. The maximum atomic E-state index is 13.9. The second-order valence-corrected chi connectivity index (χ2v) is 8.68. The topological polar surface area (TPSA) is 49.9 Å². The van der Waals surface area contributed by atoms with Gasteiger partial charge in [-0.2, -0.15) is 0 Å². The second-order valence-electron chi connectivity index (χ2n) is 8.68. The number of ether oxygens (including phenoxy) is 1. The quantitative estimate of drug-likeness (QED) is 0.391. The van der Waals surface area contributed by atoms with Gasteiger partial charge in [-0.3, -0.25) is 9.69 Å². The summed E-state index contributed by atoms with van der Waals surface area (Å²) in [6, 6.07) is 24.7. The van der Waals surface area contributed by atoms with Crippen LogP contribution in [0.15, 0.2) is 84.9 Å². The van der Waals surface area contributed by atoms with Crippen LogP contribution in [0.4, 0.5) is 4.39 Å². The Morgan fingerprint density at radius 3 is 2.14 bits per heavy atom. The summed E-state index contributed by atoms with van der Waals surface area (Å²) in [6.07, 6.45) is 0.593. The molecule has 1 atom stereocenters. The summed E-state index contributed by atoms with van der Waals surface area (Å²) >= 11 is 0. The monoisotopic (exact) mass is 484 g/mol. The van der Waals surface area contributed by atoms with Gasteiger partial charge in [-0.1, -0.05) is 72.5 Å². The molecule has 1 aliphatic rings. The summed E-state index contributed by atoms with van der Waals surface area (Å²) < 4.78 is 18.1. The number of carbonyl (C=O) groups excluding carboxylic acids is 2. The first-order valence-corrected chi connectivity index (χ1v) is 12.0. The lowest BCUT2D eigenvalue weighted by molar-refractivity contribution is -0.156. The van der Waals surface area contributed by atoms with Gasteiger partial charge in [0.05, 0.1) is 13.0 Å². The highest BCUT2D eigenvalue weighted by Gasteiger charge is 2.39. The van der Waals surface area contributed by atoms with E-state index >= 15 is 0 Å². The number of esters is 1. The van der Waals surface area contributed by atoms with Gasteiger partial charge in [0, 0.05) is 38.2 Å². The van der Waals surface area contributed by atoms with Gasteiger partial charge >= 0.3 is 5.97 Å². The number of piperazine rings is 1. The molecule has 1 heterocycles. The van der Waals surface area contributed by atoms with Crippen molar-refractivity contribution in [3.8, 4) is 11.8 Å². The zero-order valence-electron chi connectivity index (χ0n) is 20.3. The average molecular weight is 485 g/mol. The lowest BCUT2D eigenvalue weighted by atomic mass is 9.89. The van der Waals surface area contributed by atoms with Crippen LogP contribution in [0, 0.1) is 17.7 Å². The van der Waals surface area contributed by atoms with Crippen LogP contribution in [0.3, 0.4) is 0 Å². The van der Waals surface area contributed by atoms with Crippen molar-refractivity contribution in [1.29, 1.82) is 0 Å². The van der Waals surface area contributed by atoms with Crippen LogP contribution < -0.4 is 0 Å². The number of hydrogen-bond acceptors (Lipinski definition) is 4. The van der Waals surface area contributed by atoms with Gasteiger partial charge in [0.25, 0.3) is 0 Å². The van der Waals surface area contributed by atoms with E-state index in [0.29, 0.717) is 32.6 Å². The molecule has 0 N–H and O–H groups in total. The number of halogens is 1. The molecule has 0 bridgehead atoms. The summed E-state index contributed by atoms with van der Waals surface area (Å²) in [7, 11) is 1.35. The molecule has 4 rings (SSSR count). The molecule has 1 amide bonds. The standard InChI is InChI=1S/C30H29FN2O3/c1-36-30(35)27-22-32(19-9-8-10-23-15-17-26(31)18-16-23)20-21-33(27)29(34)28(24-11-4-2-5-12-24)25-13-6-3-7-14-25/h2-7,11-18,27-28H,9,19-22H2,1H3/t27-/m0/s1. The van der Waals surface area contributed by atoms with E-state index < -0.39 is 17.9 Å². The fraction of sp³-hybridized carbons (Fsp3) is 0.267. The van der Waals surface area contributed by atoms with Gasteiger partial charge in [0.15, 0.2) is 0 Å². The molecule has 0 spiro atoms. The lowest BCUT2D eigenvalue weighted by Gasteiger charge is -2.41. The molecule has 184 valence electrons. The van der Waals surface area contributed by atoms with Gasteiger partial charge < -0.3 is 9.64 Å². The maximum absolute atomic E-state index is 13.9. The summed E-state index contributed by atoms with van der Waals surface area (Å²) in [6.45, 7) is 2.09. The number of carbonyl (C=O) groups is 2. The molecule has 0 aliphatic carbocycles. The van der Waals surface area contributed by atoms with Crippen LogP contribution in [-0.2, 0) is 14.3 Å². The predicted octanol–water partition coefficient (Wildman–Crippen LogP) is 4.09. The number of methoxy groups -OCH3 is 1. The molecule has 1 fully saturated rings. The number of benzene rings is 3. The maximum Gasteiger partial charge on any atom is 0.329 e. The van der Waals surface area contributed by atoms with Crippen molar-refractivity contribution < 1.29 is 18.7 Å². The minimum atomic E-state index is -0.698. The van der Waals surface area contributed by atoms with Crippen molar-refractivity contribution in [3.63, 3.8) is 0 Å². The van der Waals surface area contributed by atoms with Crippen LogP contribution in [-0.4, -0.2) is 61.0 Å². The van der Waals surface area contributed by atoms with Gasteiger partial charge in [0.2, 0.25) is 5.91 Å². The highest BCUT2D eigenvalue weighted by atomic mass is 19.1. The van der Waals surface area contributed by atoms with E-state index in [4.69, 9.17) is 4.74 Å². The molecule has 6 heteroatoms. The molecular formula is C30H29FN2O3. The van der Waals surface area contributed by atoms with Gasteiger partial charge in [-0.05, 0) is 35.4 Å². The minimum absolute atomic E-state index is 0.112. The highest BCUT2D eigenvalue weighted by molar-refractivity contribution is 5.91. The molecular weight excluding hydrogens is 455 g/mol. The van der Waals surface area contributed by atoms with Crippen molar-refractivity contribution >= 4 is 11.9 Å². The minimum Gasteiger partial charge on any atom is -0.467 e. The van der Waals surface area contributed by atoms with Gasteiger partial charge in [-0.25, -0.2) is 9.18 Å². The third kappa shape index (κ3) is 6.18. The van der Waals surface area contributed by atoms with Crippen molar-refractivity contribution in [2.75, 3.05) is 33.3 Å². The zero-order valence-corrected chi connectivity index (χ0v) is 20.3. The molecule has 3 aromatic rings. The fourth-order valence-electron chi connectivity index (χ4n) is 4.49. The zero-order chi connectivity index (χ0) is 25.3. The Morgan fingerprint density at radius 2 is 1.56 bits per heavy atom. The van der Waals surface area contributed by atoms with Crippen LogP contribution >= 0.6 is 0 Å². The Morgan fingerprint density at radius 1 is 0.944 bits per heavy atom. The first-order valence-electron chi connectivity index (χ1n) is 12.0. The van der Waals surface area contributed by atoms with Gasteiger partial charge in [0.1, 0.15) is 11.9 Å². The molecule has 1 aliphatic heterocycles. The molecule has 0 unspecified atom stereocenters. The lowest BCUT2D eigenvalue weighted by Crippen LogP contribution is -2.59. The number of rotatable bonds is 6. The van der Waals surface area contributed by atoms with Crippen LogP contribution in [0.2, 0.25) is 0 Å². The van der Waals surface area contributed by atoms with E-state index in [1.54, 1.807) is 17.0 Å². The first kappa shape index (κ1) is 25.2. The Labute approximate surface area is 211 Å².